The van der Waals surface area contributed by atoms with Gasteiger partial charge in [0.25, 0.3) is 0 Å². The lowest BCUT2D eigenvalue weighted by Gasteiger charge is -2.31. The second-order valence-electron chi connectivity index (χ2n) is 7.95. The van der Waals surface area contributed by atoms with Crippen LogP contribution in [-0.2, 0) is 14.8 Å². The zero-order valence-corrected chi connectivity index (χ0v) is 19.5. The second-order valence-corrected chi connectivity index (χ2v) is 10.2. The molecule has 0 aliphatic heterocycles. The molecule has 29 heavy (non-hydrogen) atoms. The molecular weight excluding hydrogens is 410 g/mol. The van der Waals surface area contributed by atoms with E-state index >= 15 is 0 Å². The van der Waals surface area contributed by atoms with Crippen LogP contribution in [0.4, 0.5) is 0 Å². The van der Waals surface area contributed by atoms with E-state index in [0.29, 0.717) is 36.2 Å². The third-order valence-corrected chi connectivity index (χ3v) is 6.78. The number of amides is 1. The fraction of sp³-hybridized carbons (Fsp3) is 0.632. The zero-order chi connectivity index (χ0) is 21.8. The van der Waals surface area contributed by atoms with Crippen molar-refractivity contribution >= 4 is 38.7 Å². The first-order valence-corrected chi connectivity index (χ1v) is 12.0. The molecular formula is C19H31N5O3S2. The molecule has 8 nitrogen and oxygen atoms in total. The largest absolute Gasteiger partial charge is 0.353 e. The molecule has 1 aromatic carbocycles. The van der Waals surface area contributed by atoms with Crippen molar-refractivity contribution in [3.8, 4) is 0 Å². The van der Waals surface area contributed by atoms with Gasteiger partial charge in [-0.15, -0.1) is 0 Å². The standard InChI is InChI=1S/C19H31N5O3S2/c1-12(2)17(19(25)20-10-11-24(13(3)4)14(5)6)23-29(26,27)16-9-7-8-15-18(16)22-28-21-15/h7-9,12-14,17,23H,10-11H2,1-6H3,(H,20,25)/t17-/m0/s1. The maximum Gasteiger partial charge on any atom is 0.243 e. The maximum absolute atomic E-state index is 13.0. The molecule has 1 heterocycles. The highest BCUT2D eigenvalue weighted by Crippen LogP contribution is 2.21. The molecule has 0 aliphatic carbocycles. The second kappa shape index (κ2) is 9.92. The van der Waals surface area contributed by atoms with Crippen LogP contribution in [0, 0.1) is 5.92 Å². The number of rotatable bonds is 10. The fourth-order valence-corrected chi connectivity index (χ4v) is 5.36. The summed E-state index contributed by atoms with van der Waals surface area (Å²) in [5.41, 5.74) is 0.836. The molecule has 0 aliphatic rings. The van der Waals surface area contributed by atoms with Crippen molar-refractivity contribution in [2.45, 2.75) is 64.6 Å². The van der Waals surface area contributed by atoms with Crippen molar-refractivity contribution in [1.82, 2.24) is 23.7 Å². The summed E-state index contributed by atoms with van der Waals surface area (Å²) in [5, 5.41) is 2.88. The van der Waals surface area contributed by atoms with Gasteiger partial charge in [0.05, 0.1) is 11.7 Å². The van der Waals surface area contributed by atoms with Crippen LogP contribution in [0.1, 0.15) is 41.5 Å². The minimum Gasteiger partial charge on any atom is -0.353 e. The molecule has 2 aromatic rings. The van der Waals surface area contributed by atoms with Gasteiger partial charge in [-0.25, -0.2) is 8.42 Å². The van der Waals surface area contributed by atoms with Crippen LogP contribution in [0.5, 0.6) is 0 Å². The molecule has 2 rings (SSSR count). The zero-order valence-electron chi connectivity index (χ0n) is 17.8. The van der Waals surface area contributed by atoms with Gasteiger partial charge in [-0.3, -0.25) is 9.69 Å². The summed E-state index contributed by atoms with van der Waals surface area (Å²) >= 11 is 0.957. The molecule has 1 atom stereocenters. The van der Waals surface area contributed by atoms with Gasteiger partial charge in [0, 0.05) is 25.2 Å². The monoisotopic (exact) mass is 441 g/mol. The highest BCUT2D eigenvalue weighted by Gasteiger charge is 2.30. The van der Waals surface area contributed by atoms with E-state index in [9.17, 15) is 13.2 Å². The first kappa shape index (κ1) is 23.7. The third-order valence-electron chi connectivity index (χ3n) is 4.77. The number of carbonyl (C=O) groups is 1. The van der Waals surface area contributed by atoms with Crippen molar-refractivity contribution in [3.63, 3.8) is 0 Å². The van der Waals surface area contributed by atoms with Gasteiger partial charge in [0.2, 0.25) is 15.9 Å². The quantitative estimate of drug-likeness (QED) is 0.586. The molecule has 0 saturated heterocycles. The predicted molar refractivity (Wildman–Crippen MR) is 116 cm³/mol. The number of benzene rings is 1. The average molecular weight is 442 g/mol. The highest BCUT2D eigenvalue weighted by molar-refractivity contribution is 7.89. The number of fused-ring (bicyclic) bond motifs is 1. The summed E-state index contributed by atoms with van der Waals surface area (Å²) in [4.78, 5) is 15.0. The Hall–Kier alpha value is -1.62. The molecule has 162 valence electrons. The lowest BCUT2D eigenvalue weighted by atomic mass is 10.1. The van der Waals surface area contributed by atoms with E-state index in [4.69, 9.17) is 0 Å². The van der Waals surface area contributed by atoms with Crippen molar-refractivity contribution in [3.05, 3.63) is 18.2 Å². The Bertz CT molecular complexity index is 917. The summed E-state index contributed by atoms with van der Waals surface area (Å²) in [6.45, 7) is 13.2. The first-order valence-electron chi connectivity index (χ1n) is 9.81. The lowest BCUT2D eigenvalue weighted by molar-refractivity contribution is -0.123. The number of carbonyl (C=O) groups excluding carboxylic acids is 1. The van der Waals surface area contributed by atoms with Gasteiger partial charge in [0.15, 0.2) is 0 Å². The highest BCUT2D eigenvalue weighted by atomic mass is 32.2. The summed E-state index contributed by atoms with van der Waals surface area (Å²) in [5.74, 6) is -0.552. The van der Waals surface area contributed by atoms with Crippen LogP contribution in [0.15, 0.2) is 23.1 Å². The van der Waals surface area contributed by atoms with Crippen LogP contribution in [-0.4, -0.2) is 59.2 Å². The van der Waals surface area contributed by atoms with Gasteiger partial charge in [0.1, 0.15) is 22.0 Å². The minimum atomic E-state index is -3.93. The van der Waals surface area contributed by atoms with Gasteiger partial charge < -0.3 is 5.32 Å². The van der Waals surface area contributed by atoms with Crippen LogP contribution in [0.25, 0.3) is 11.0 Å². The van der Waals surface area contributed by atoms with Gasteiger partial charge in [-0.05, 0) is 45.7 Å². The minimum absolute atomic E-state index is 0.0352. The Labute approximate surface area is 177 Å². The summed E-state index contributed by atoms with van der Waals surface area (Å²) in [7, 11) is -3.93. The summed E-state index contributed by atoms with van der Waals surface area (Å²) in [6, 6.07) is 4.64. The number of sulfonamides is 1. The normalized spacial score (nSPS) is 13.7. The van der Waals surface area contributed by atoms with Gasteiger partial charge in [-0.1, -0.05) is 19.9 Å². The van der Waals surface area contributed by atoms with E-state index in [1.807, 2.05) is 13.8 Å². The fourth-order valence-electron chi connectivity index (χ4n) is 3.25. The lowest BCUT2D eigenvalue weighted by Crippen LogP contribution is -2.51. The molecule has 0 bridgehead atoms. The Kier molecular flexibility index (Phi) is 8.10. The topological polar surface area (TPSA) is 104 Å². The van der Waals surface area contributed by atoms with Gasteiger partial charge >= 0.3 is 0 Å². The van der Waals surface area contributed by atoms with Crippen LogP contribution >= 0.6 is 11.7 Å². The molecule has 2 N–H and O–H groups in total. The molecule has 1 aromatic heterocycles. The van der Waals surface area contributed by atoms with E-state index in [1.54, 1.807) is 12.1 Å². The number of hydrogen-bond acceptors (Lipinski definition) is 7. The molecule has 0 saturated carbocycles. The van der Waals surface area contributed by atoms with Crippen molar-refractivity contribution < 1.29 is 13.2 Å². The molecule has 0 radical (unpaired) electrons. The Balaban J connectivity index is 2.11. The van der Waals surface area contributed by atoms with Crippen LogP contribution in [0.2, 0.25) is 0 Å². The Morgan fingerprint density at radius 1 is 1.10 bits per heavy atom. The number of aromatic nitrogens is 2. The van der Waals surface area contributed by atoms with E-state index in [0.717, 1.165) is 11.7 Å². The number of hydrogen-bond donors (Lipinski definition) is 2. The van der Waals surface area contributed by atoms with E-state index in [-0.39, 0.29) is 16.7 Å². The number of nitrogens with zero attached hydrogens (tertiary/aromatic N) is 3. The van der Waals surface area contributed by atoms with Gasteiger partial charge in [-0.2, -0.15) is 13.5 Å². The molecule has 0 unspecified atom stereocenters. The van der Waals surface area contributed by atoms with Crippen molar-refractivity contribution in [2.24, 2.45) is 5.92 Å². The first-order chi connectivity index (χ1) is 13.5. The molecule has 0 spiro atoms. The van der Waals surface area contributed by atoms with Crippen LogP contribution in [0.3, 0.4) is 0 Å². The molecule has 1 amide bonds. The summed E-state index contributed by atoms with van der Waals surface area (Å²) in [6.07, 6.45) is 0. The third kappa shape index (κ3) is 5.94. The van der Waals surface area contributed by atoms with E-state index in [1.165, 1.54) is 6.07 Å². The van der Waals surface area contributed by atoms with Crippen molar-refractivity contribution in [2.75, 3.05) is 13.1 Å². The molecule has 10 heteroatoms. The summed E-state index contributed by atoms with van der Waals surface area (Å²) < 4.78 is 36.7. The van der Waals surface area contributed by atoms with E-state index in [2.05, 4.69) is 51.4 Å². The van der Waals surface area contributed by atoms with E-state index < -0.39 is 16.1 Å². The molecule has 0 fully saturated rings. The van der Waals surface area contributed by atoms with Crippen molar-refractivity contribution in [1.29, 1.82) is 0 Å². The number of nitrogens with one attached hydrogen (secondary N) is 2. The smallest absolute Gasteiger partial charge is 0.243 e. The SMILES string of the molecule is CC(C)[C@H](NS(=O)(=O)c1cccc2nsnc12)C(=O)NCCN(C(C)C)C(C)C. The maximum atomic E-state index is 13.0. The predicted octanol–water partition coefficient (Wildman–Crippen LogP) is 2.23. The Morgan fingerprint density at radius 2 is 1.76 bits per heavy atom. The van der Waals surface area contributed by atoms with Crippen LogP contribution < -0.4 is 10.0 Å². The average Bonchev–Trinajstić information content (AvgIpc) is 3.10. The Morgan fingerprint density at radius 3 is 2.34 bits per heavy atom.